The van der Waals surface area contributed by atoms with E-state index in [1.54, 1.807) is 17.9 Å². The zero-order valence-electron chi connectivity index (χ0n) is 20.4. The molecule has 1 N–H and O–H groups in total. The van der Waals surface area contributed by atoms with Gasteiger partial charge >= 0.3 is 5.97 Å². The van der Waals surface area contributed by atoms with E-state index in [0.717, 1.165) is 15.6 Å². The van der Waals surface area contributed by atoms with Gasteiger partial charge in [0.15, 0.2) is 0 Å². The number of carbonyl (C=O) groups is 3. The second kappa shape index (κ2) is 12.6. The highest BCUT2D eigenvalue weighted by molar-refractivity contribution is 7.18. The molecule has 2 aromatic carbocycles. The molecule has 1 fully saturated rings. The molecule has 0 spiro atoms. The number of rotatable bonds is 8. The van der Waals surface area contributed by atoms with Gasteiger partial charge in [-0.25, -0.2) is 0 Å². The predicted molar refractivity (Wildman–Crippen MR) is 149 cm³/mol. The third kappa shape index (κ3) is 6.72. The van der Waals surface area contributed by atoms with Crippen LogP contribution >= 0.6 is 34.5 Å². The number of amides is 2. The van der Waals surface area contributed by atoms with Gasteiger partial charge in [-0.2, -0.15) is 0 Å². The number of nitrogens with one attached hydrogen (secondary N) is 1. The Morgan fingerprint density at radius 3 is 2.57 bits per heavy atom. The average molecular weight is 560 g/mol. The largest absolute Gasteiger partial charge is 0.466 e. The van der Waals surface area contributed by atoms with Crippen LogP contribution in [0.5, 0.6) is 0 Å². The van der Waals surface area contributed by atoms with Crippen LogP contribution in [0.2, 0.25) is 10.0 Å². The first-order chi connectivity index (χ1) is 17.9. The van der Waals surface area contributed by atoms with Crippen LogP contribution in [0.3, 0.4) is 0 Å². The Bertz CT molecular complexity index is 1300. The first kappa shape index (κ1) is 27.2. The Morgan fingerprint density at radius 2 is 1.86 bits per heavy atom. The van der Waals surface area contributed by atoms with Crippen LogP contribution in [-0.2, 0) is 19.1 Å². The number of halogens is 2. The fourth-order valence-electron chi connectivity index (χ4n) is 4.43. The Hall–Kier alpha value is -2.87. The number of hydrogen-bond donors (Lipinski definition) is 1. The molecule has 1 aromatic heterocycles. The molecule has 0 bridgehead atoms. The van der Waals surface area contributed by atoms with E-state index in [2.05, 4.69) is 5.32 Å². The zero-order valence-corrected chi connectivity index (χ0v) is 22.7. The highest BCUT2D eigenvalue weighted by Crippen LogP contribution is 2.37. The molecule has 0 radical (unpaired) electrons. The second-order valence-electron chi connectivity index (χ2n) is 8.85. The van der Waals surface area contributed by atoms with E-state index in [4.69, 9.17) is 27.9 Å². The summed E-state index contributed by atoms with van der Waals surface area (Å²) in [6.07, 6.45) is 4.34. The van der Waals surface area contributed by atoms with Gasteiger partial charge < -0.3 is 15.0 Å². The van der Waals surface area contributed by atoms with Gasteiger partial charge in [-0.3, -0.25) is 14.4 Å². The maximum atomic E-state index is 13.1. The minimum atomic E-state index is -0.465. The lowest BCUT2D eigenvalue weighted by Crippen LogP contribution is -2.43. The molecule has 0 aliphatic carbocycles. The Labute approximate surface area is 230 Å². The molecule has 4 rings (SSSR count). The molecule has 194 valence electrons. The van der Waals surface area contributed by atoms with Gasteiger partial charge in [-0.15, -0.1) is 11.3 Å². The molecule has 6 nitrogen and oxygen atoms in total. The van der Waals surface area contributed by atoms with Crippen molar-refractivity contribution in [3.05, 3.63) is 75.1 Å². The quantitative estimate of drug-likeness (QED) is 0.261. The van der Waals surface area contributed by atoms with Crippen molar-refractivity contribution in [2.75, 3.05) is 19.7 Å². The summed E-state index contributed by atoms with van der Waals surface area (Å²) in [7, 11) is 0. The van der Waals surface area contributed by atoms with Gasteiger partial charge in [-0.05, 0) is 59.9 Å². The summed E-state index contributed by atoms with van der Waals surface area (Å²) in [4.78, 5) is 39.7. The van der Waals surface area contributed by atoms with Crippen molar-refractivity contribution in [2.24, 2.45) is 5.92 Å². The number of benzene rings is 2. The van der Waals surface area contributed by atoms with E-state index in [9.17, 15) is 14.4 Å². The Kier molecular flexibility index (Phi) is 9.24. The second-order valence-corrected chi connectivity index (χ2v) is 10.5. The highest BCUT2D eigenvalue weighted by atomic mass is 35.5. The first-order valence-electron chi connectivity index (χ1n) is 12.2. The Balaban J connectivity index is 1.34. The van der Waals surface area contributed by atoms with Crippen LogP contribution < -0.4 is 5.32 Å². The predicted octanol–water partition coefficient (Wildman–Crippen LogP) is 6.27. The SMILES string of the molecule is CCOC(=O)C[C@@H](NC(=O)C1CCN(C(=O)/C=C/c2cc3ccsc3c(Cl)c2Cl)CC1)c1ccccc1. The zero-order chi connectivity index (χ0) is 26.4. The minimum absolute atomic E-state index is 0.0649. The molecular formula is C28H28Cl2N2O4S. The molecule has 2 heterocycles. The number of carbonyl (C=O) groups excluding carboxylic acids is 3. The number of fused-ring (bicyclic) bond motifs is 1. The van der Waals surface area contributed by atoms with Crippen LogP contribution in [0.15, 0.2) is 53.9 Å². The number of piperidine rings is 1. The third-order valence-corrected chi connectivity index (χ3v) is 8.37. The van der Waals surface area contributed by atoms with E-state index >= 15 is 0 Å². The number of likely N-dealkylation sites (tertiary alicyclic amines) is 1. The lowest BCUT2D eigenvalue weighted by Gasteiger charge is -2.31. The smallest absolute Gasteiger partial charge is 0.308 e. The average Bonchev–Trinajstić information content (AvgIpc) is 3.39. The molecule has 9 heteroatoms. The molecule has 3 aromatic rings. The first-order valence-corrected chi connectivity index (χ1v) is 13.8. The normalized spacial score (nSPS) is 15.2. The molecule has 1 atom stereocenters. The lowest BCUT2D eigenvalue weighted by atomic mass is 9.94. The van der Waals surface area contributed by atoms with Crippen LogP contribution in [0.1, 0.15) is 43.4 Å². The van der Waals surface area contributed by atoms with Crippen molar-refractivity contribution in [1.82, 2.24) is 10.2 Å². The maximum absolute atomic E-state index is 13.1. The fourth-order valence-corrected chi connectivity index (χ4v) is 5.87. The standard InChI is InChI=1S/C28H28Cl2N2O4S/c1-2-36-24(34)17-22(18-6-4-3-5-7-18)31-28(35)19-10-13-32(14-11-19)23(33)9-8-20-16-21-12-15-37-27(21)26(30)25(20)29/h3-9,12,15-16,19,22H,2,10-11,13-14,17H2,1H3,(H,31,35)/b9-8+/t22-/m1/s1. The lowest BCUT2D eigenvalue weighted by molar-refractivity contribution is -0.144. The van der Waals surface area contributed by atoms with E-state index in [-0.39, 0.29) is 36.7 Å². The number of ether oxygens (including phenoxy) is 1. The van der Waals surface area contributed by atoms with E-state index in [1.807, 2.05) is 47.8 Å². The maximum Gasteiger partial charge on any atom is 0.308 e. The van der Waals surface area contributed by atoms with Crippen molar-refractivity contribution in [3.8, 4) is 0 Å². The number of nitrogens with zero attached hydrogens (tertiary/aromatic N) is 1. The van der Waals surface area contributed by atoms with Crippen molar-refractivity contribution in [1.29, 1.82) is 0 Å². The molecule has 1 saturated heterocycles. The van der Waals surface area contributed by atoms with Gasteiger partial charge in [0.2, 0.25) is 11.8 Å². The molecule has 1 aliphatic rings. The van der Waals surface area contributed by atoms with Gasteiger partial charge in [-0.1, -0.05) is 53.5 Å². The van der Waals surface area contributed by atoms with Gasteiger partial charge in [0, 0.05) is 25.1 Å². The van der Waals surface area contributed by atoms with Crippen molar-refractivity contribution < 1.29 is 19.1 Å². The van der Waals surface area contributed by atoms with Crippen LogP contribution in [0.25, 0.3) is 16.2 Å². The van der Waals surface area contributed by atoms with Gasteiger partial charge in [0.1, 0.15) is 0 Å². The molecule has 37 heavy (non-hydrogen) atoms. The van der Waals surface area contributed by atoms with Crippen molar-refractivity contribution >= 4 is 68.5 Å². The van der Waals surface area contributed by atoms with Crippen LogP contribution in [0, 0.1) is 5.92 Å². The van der Waals surface area contributed by atoms with Crippen molar-refractivity contribution in [2.45, 2.75) is 32.2 Å². The summed E-state index contributed by atoms with van der Waals surface area (Å²) in [6, 6.07) is 12.8. The molecule has 2 amide bonds. The third-order valence-electron chi connectivity index (χ3n) is 6.43. The number of hydrogen-bond acceptors (Lipinski definition) is 5. The number of esters is 1. The molecule has 0 saturated carbocycles. The highest BCUT2D eigenvalue weighted by Gasteiger charge is 2.29. The van der Waals surface area contributed by atoms with Gasteiger partial charge in [0.05, 0.1) is 33.8 Å². The fraction of sp³-hybridized carbons (Fsp3) is 0.321. The number of thiophene rings is 1. The van der Waals surface area contributed by atoms with Gasteiger partial charge in [0.25, 0.3) is 0 Å². The van der Waals surface area contributed by atoms with E-state index in [0.29, 0.717) is 41.5 Å². The summed E-state index contributed by atoms with van der Waals surface area (Å²) in [5, 5.41) is 6.87. The topological polar surface area (TPSA) is 75.7 Å². The summed E-state index contributed by atoms with van der Waals surface area (Å²) in [5.41, 5.74) is 1.54. The molecule has 1 aliphatic heterocycles. The molecular weight excluding hydrogens is 531 g/mol. The minimum Gasteiger partial charge on any atom is -0.466 e. The Morgan fingerprint density at radius 1 is 1.14 bits per heavy atom. The summed E-state index contributed by atoms with van der Waals surface area (Å²) in [6.45, 7) is 2.97. The summed E-state index contributed by atoms with van der Waals surface area (Å²) in [5.74, 6) is -0.855. The summed E-state index contributed by atoms with van der Waals surface area (Å²) >= 11 is 14.3. The molecule has 0 unspecified atom stereocenters. The van der Waals surface area contributed by atoms with E-state index in [1.165, 1.54) is 17.4 Å². The monoisotopic (exact) mass is 558 g/mol. The van der Waals surface area contributed by atoms with Crippen LogP contribution in [-0.4, -0.2) is 42.4 Å². The van der Waals surface area contributed by atoms with Crippen LogP contribution in [0.4, 0.5) is 0 Å². The summed E-state index contributed by atoms with van der Waals surface area (Å²) < 4.78 is 6.01. The van der Waals surface area contributed by atoms with E-state index < -0.39 is 6.04 Å². The van der Waals surface area contributed by atoms with Crippen molar-refractivity contribution in [3.63, 3.8) is 0 Å².